The molecule has 182 valence electrons. The van der Waals surface area contributed by atoms with E-state index in [-0.39, 0.29) is 11.5 Å². The van der Waals surface area contributed by atoms with E-state index in [4.69, 9.17) is 19.0 Å². The number of ether oxygens (including phenoxy) is 3. The molecule has 0 fully saturated rings. The molecule has 0 spiro atoms. The zero-order valence-corrected chi connectivity index (χ0v) is 18.5. The van der Waals surface area contributed by atoms with Crippen LogP contribution >= 0.6 is 0 Å². The van der Waals surface area contributed by atoms with Gasteiger partial charge in [0.1, 0.15) is 24.2 Å². The molecule has 3 rings (SSSR count). The molecule has 0 bridgehead atoms. The third-order valence-electron chi connectivity index (χ3n) is 4.58. The molecule has 2 atom stereocenters. The van der Waals surface area contributed by atoms with E-state index in [1.165, 1.54) is 24.3 Å². The van der Waals surface area contributed by atoms with Crippen molar-refractivity contribution in [2.75, 3.05) is 6.54 Å². The smallest absolute Gasteiger partial charge is 0.453 e. The van der Waals surface area contributed by atoms with Crippen molar-refractivity contribution in [1.29, 1.82) is 0 Å². The number of carbonyl (C=O) groups excluding carboxylic acids is 3. The zero-order chi connectivity index (χ0) is 25.1. The number of alkyl halides is 3. The van der Waals surface area contributed by atoms with E-state index in [0.29, 0.717) is 0 Å². The molecule has 0 unspecified atom stereocenters. The van der Waals surface area contributed by atoms with Crippen LogP contribution in [0.1, 0.15) is 20.8 Å². The van der Waals surface area contributed by atoms with Crippen LogP contribution < -0.4 is 10.2 Å². The van der Waals surface area contributed by atoms with Crippen LogP contribution in [0.15, 0.2) is 65.8 Å². The number of halogens is 3. The Hall–Kier alpha value is -3.60. The number of hydrogen-bond donors (Lipinski definition) is 1. The van der Waals surface area contributed by atoms with Gasteiger partial charge in [-0.15, -0.1) is 5.48 Å². The zero-order valence-electron chi connectivity index (χ0n) is 18.5. The first-order chi connectivity index (χ1) is 15.9. The van der Waals surface area contributed by atoms with Crippen LogP contribution in [-0.2, 0) is 28.7 Å². The van der Waals surface area contributed by atoms with Gasteiger partial charge < -0.3 is 19.0 Å². The van der Waals surface area contributed by atoms with Crippen LogP contribution in [0, 0.1) is 11.3 Å². The quantitative estimate of drug-likeness (QED) is 0.487. The number of ketones is 1. The fraction of sp³-hybridized carbons (Fsp3) is 0.348. The topological polar surface area (TPSA) is 100 Å². The van der Waals surface area contributed by atoms with Gasteiger partial charge in [-0.05, 0) is 45.1 Å². The van der Waals surface area contributed by atoms with Crippen molar-refractivity contribution in [3.05, 3.63) is 65.8 Å². The van der Waals surface area contributed by atoms with Gasteiger partial charge in [0.2, 0.25) is 17.3 Å². The second kappa shape index (κ2) is 9.72. The van der Waals surface area contributed by atoms with Crippen LogP contribution in [0.3, 0.4) is 0 Å². The number of rotatable bonds is 6. The minimum atomic E-state index is -5.00. The van der Waals surface area contributed by atoms with Gasteiger partial charge in [-0.2, -0.15) is 13.2 Å². The van der Waals surface area contributed by atoms with Crippen molar-refractivity contribution < 1.29 is 46.6 Å². The van der Waals surface area contributed by atoms with Gasteiger partial charge in [0, 0.05) is 0 Å². The molecule has 1 heterocycles. The summed E-state index contributed by atoms with van der Waals surface area (Å²) in [5.74, 6) is -6.14. The highest BCUT2D eigenvalue weighted by molar-refractivity contribution is 5.99. The number of para-hydroxylation sites is 1. The van der Waals surface area contributed by atoms with E-state index in [1.54, 1.807) is 39.0 Å². The highest BCUT2D eigenvalue weighted by atomic mass is 19.4. The van der Waals surface area contributed by atoms with Gasteiger partial charge in [-0.3, -0.25) is 9.59 Å². The minimum absolute atomic E-state index is 0.0410. The predicted molar refractivity (Wildman–Crippen MR) is 110 cm³/mol. The fourth-order valence-corrected chi connectivity index (χ4v) is 2.87. The number of Topliss-reactive ketones (excluding diaryl/α,β-unsaturated/α-hetero) is 1. The van der Waals surface area contributed by atoms with E-state index in [0.717, 1.165) is 6.08 Å². The standard InChI is InChI=1S/C23H22F3NO7/c1-22(2,3)21(30)34-27-12-17(28)31-14-9-10-15-16(11-14)33-20(23(24,25)26)19(18(15)29)32-13-7-5-4-6-8-13/h4-11,15-16,27H,12H2,1-3H3/t15-,16-/m1/s1. The fourth-order valence-electron chi connectivity index (χ4n) is 2.87. The van der Waals surface area contributed by atoms with Crippen LogP contribution in [0.5, 0.6) is 5.75 Å². The molecule has 0 amide bonds. The van der Waals surface area contributed by atoms with E-state index < -0.39 is 59.4 Å². The number of hydroxylamine groups is 1. The summed E-state index contributed by atoms with van der Waals surface area (Å²) < 4.78 is 56.3. The first kappa shape index (κ1) is 25.0. The molecule has 11 heteroatoms. The Morgan fingerprint density at radius 1 is 1.12 bits per heavy atom. The number of carbonyl (C=O) groups is 3. The maximum Gasteiger partial charge on any atom is 0.453 e. The molecule has 2 aliphatic rings. The van der Waals surface area contributed by atoms with Crippen molar-refractivity contribution in [3.63, 3.8) is 0 Å². The Balaban J connectivity index is 1.71. The lowest BCUT2D eigenvalue weighted by atomic mass is 9.89. The molecule has 1 N–H and O–H groups in total. The average Bonchev–Trinajstić information content (AvgIpc) is 2.74. The van der Waals surface area contributed by atoms with Gasteiger partial charge in [0.15, 0.2) is 0 Å². The third kappa shape index (κ3) is 6.04. The summed E-state index contributed by atoms with van der Waals surface area (Å²) >= 11 is 0. The first-order valence-corrected chi connectivity index (χ1v) is 10.2. The summed E-state index contributed by atoms with van der Waals surface area (Å²) in [6.45, 7) is 4.35. The predicted octanol–water partition coefficient (Wildman–Crippen LogP) is 3.51. The number of benzene rings is 1. The summed E-state index contributed by atoms with van der Waals surface area (Å²) in [6.07, 6.45) is -2.75. The summed E-state index contributed by atoms with van der Waals surface area (Å²) in [7, 11) is 0. The van der Waals surface area contributed by atoms with E-state index in [9.17, 15) is 27.6 Å². The summed E-state index contributed by atoms with van der Waals surface area (Å²) in [6, 6.07) is 7.54. The van der Waals surface area contributed by atoms with Gasteiger partial charge in [0.05, 0.1) is 11.3 Å². The van der Waals surface area contributed by atoms with E-state index in [2.05, 4.69) is 5.48 Å². The second-order valence-electron chi connectivity index (χ2n) is 8.41. The minimum Gasteiger partial charge on any atom is -0.477 e. The Kier molecular flexibility index (Phi) is 7.15. The van der Waals surface area contributed by atoms with Gasteiger partial charge >= 0.3 is 18.1 Å². The number of fused-ring (bicyclic) bond motifs is 1. The molecule has 34 heavy (non-hydrogen) atoms. The molecule has 1 aliphatic heterocycles. The number of nitrogens with one attached hydrogen (secondary N) is 1. The monoisotopic (exact) mass is 481 g/mol. The molecule has 0 saturated carbocycles. The summed E-state index contributed by atoms with van der Waals surface area (Å²) in [5, 5.41) is 0. The third-order valence-corrected chi connectivity index (χ3v) is 4.58. The Labute approximate surface area is 192 Å². The molecule has 1 aliphatic carbocycles. The summed E-state index contributed by atoms with van der Waals surface area (Å²) in [4.78, 5) is 41.2. The molecular formula is C23H22F3NO7. The molecule has 0 saturated heterocycles. The second-order valence-corrected chi connectivity index (χ2v) is 8.41. The average molecular weight is 481 g/mol. The maximum absolute atomic E-state index is 13.6. The Morgan fingerprint density at radius 3 is 2.41 bits per heavy atom. The normalized spacial score (nSPS) is 20.2. The highest BCUT2D eigenvalue weighted by Gasteiger charge is 2.50. The lowest BCUT2D eigenvalue weighted by Gasteiger charge is -2.33. The van der Waals surface area contributed by atoms with Crippen LogP contribution in [0.2, 0.25) is 0 Å². The number of hydrogen-bond acceptors (Lipinski definition) is 8. The molecular weight excluding hydrogens is 459 g/mol. The van der Waals surface area contributed by atoms with Crippen molar-refractivity contribution in [1.82, 2.24) is 5.48 Å². The highest BCUT2D eigenvalue weighted by Crippen LogP contribution is 2.39. The SMILES string of the molecule is CC(C)(C)C(=O)ONCC(=O)OC1=C[C@H]2OC(C(F)(F)F)=C(Oc3ccccc3)C(=O)[C@@H]2C=C1. The molecule has 1 aromatic carbocycles. The summed E-state index contributed by atoms with van der Waals surface area (Å²) in [5.41, 5.74) is 1.37. The number of allylic oxidation sites excluding steroid dienone is 3. The molecule has 8 nitrogen and oxygen atoms in total. The molecule has 0 aromatic heterocycles. The lowest BCUT2D eigenvalue weighted by molar-refractivity contribution is -0.162. The maximum atomic E-state index is 13.6. The van der Waals surface area contributed by atoms with Crippen molar-refractivity contribution in [2.45, 2.75) is 33.1 Å². The molecule has 1 aromatic rings. The Bertz CT molecular complexity index is 1050. The largest absolute Gasteiger partial charge is 0.477 e. The Morgan fingerprint density at radius 2 is 1.79 bits per heavy atom. The number of esters is 1. The van der Waals surface area contributed by atoms with Crippen molar-refractivity contribution >= 4 is 17.7 Å². The van der Waals surface area contributed by atoms with Crippen molar-refractivity contribution in [3.8, 4) is 5.75 Å². The molecule has 0 radical (unpaired) electrons. The van der Waals surface area contributed by atoms with E-state index >= 15 is 0 Å². The van der Waals surface area contributed by atoms with Gasteiger partial charge in [0.25, 0.3) is 0 Å². The first-order valence-electron chi connectivity index (χ1n) is 10.2. The van der Waals surface area contributed by atoms with E-state index in [1.807, 2.05) is 0 Å². The van der Waals surface area contributed by atoms with Gasteiger partial charge in [-0.25, -0.2) is 4.79 Å². The van der Waals surface area contributed by atoms with Crippen LogP contribution in [-0.4, -0.2) is 36.5 Å². The lowest BCUT2D eigenvalue weighted by Crippen LogP contribution is -2.41. The van der Waals surface area contributed by atoms with Crippen LogP contribution in [0.25, 0.3) is 0 Å². The van der Waals surface area contributed by atoms with Gasteiger partial charge in [-0.1, -0.05) is 24.3 Å². The van der Waals surface area contributed by atoms with Crippen LogP contribution in [0.4, 0.5) is 13.2 Å². The van der Waals surface area contributed by atoms with Crippen molar-refractivity contribution in [2.24, 2.45) is 11.3 Å².